The van der Waals surface area contributed by atoms with Crippen LogP contribution in [0.15, 0.2) is 18.2 Å². The van der Waals surface area contributed by atoms with Crippen molar-refractivity contribution < 1.29 is 14.3 Å². The lowest BCUT2D eigenvalue weighted by Gasteiger charge is -2.02. The Morgan fingerprint density at radius 3 is 2.82 bits per heavy atom. The maximum Gasteiger partial charge on any atom is 0.317 e. The molecule has 0 fully saturated rings. The van der Waals surface area contributed by atoms with Crippen LogP contribution in [-0.2, 0) is 9.53 Å². The first kappa shape index (κ1) is 12.9. The van der Waals surface area contributed by atoms with Crippen LogP contribution in [0, 0.1) is 11.8 Å². The van der Waals surface area contributed by atoms with Gasteiger partial charge in [-0.1, -0.05) is 11.8 Å². The van der Waals surface area contributed by atoms with Crippen molar-refractivity contribution >= 4 is 11.7 Å². The highest BCUT2D eigenvalue weighted by molar-refractivity contribution is 5.73. The minimum atomic E-state index is -0.327. The van der Waals surface area contributed by atoms with E-state index < -0.39 is 0 Å². The number of nitrogens with two attached hydrogens (primary N) is 1. The average molecular weight is 233 g/mol. The van der Waals surface area contributed by atoms with E-state index >= 15 is 0 Å². The Hall–Kier alpha value is -2.15. The van der Waals surface area contributed by atoms with Crippen molar-refractivity contribution in [2.75, 3.05) is 19.5 Å². The molecule has 0 saturated carbocycles. The highest BCUT2D eigenvalue weighted by Gasteiger charge is 1.99. The van der Waals surface area contributed by atoms with Crippen LogP contribution >= 0.6 is 0 Å². The van der Waals surface area contributed by atoms with Crippen LogP contribution in [0.25, 0.3) is 0 Å². The van der Waals surface area contributed by atoms with Gasteiger partial charge in [0.2, 0.25) is 0 Å². The zero-order valence-electron chi connectivity index (χ0n) is 9.95. The van der Waals surface area contributed by atoms with Crippen LogP contribution in [0.1, 0.15) is 18.9 Å². The monoisotopic (exact) mass is 233 g/mol. The van der Waals surface area contributed by atoms with Crippen molar-refractivity contribution in [3.63, 3.8) is 0 Å². The zero-order valence-corrected chi connectivity index (χ0v) is 9.95. The molecule has 90 valence electrons. The van der Waals surface area contributed by atoms with E-state index in [4.69, 9.17) is 15.2 Å². The summed E-state index contributed by atoms with van der Waals surface area (Å²) >= 11 is 0. The second kappa shape index (κ2) is 6.44. The number of anilines is 1. The molecular weight excluding hydrogens is 218 g/mol. The van der Waals surface area contributed by atoms with E-state index in [0.717, 1.165) is 0 Å². The van der Waals surface area contributed by atoms with Crippen LogP contribution in [0.5, 0.6) is 5.75 Å². The van der Waals surface area contributed by atoms with E-state index in [1.54, 1.807) is 32.2 Å². The number of benzene rings is 1. The van der Waals surface area contributed by atoms with Crippen molar-refractivity contribution in [3.8, 4) is 17.6 Å². The molecule has 1 rings (SSSR count). The number of esters is 1. The summed E-state index contributed by atoms with van der Waals surface area (Å²) in [7, 11) is 1.57. The van der Waals surface area contributed by atoms with E-state index in [-0.39, 0.29) is 12.4 Å². The zero-order chi connectivity index (χ0) is 12.7. The normalized spacial score (nSPS) is 9.06. The summed E-state index contributed by atoms with van der Waals surface area (Å²) in [5.74, 6) is 5.89. The van der Waals surface area contributed by atoms with Crippen LogP contribution in [0.4, 0.5) is 5.69 Å². The number of carbonyl (C=O) groups excluding carboxylic acids is 1. The number of nitrogen functional groups attached to an aromatic ring is 1. The molecule has 2 N–H and O–H groups in total. The molecule has 0 bridgehead atoms. The van der Waals surface area contributed by atoms with E-state index in [0.29, 0.717) is 23.6 Å². The molecule has 1 aromatic carbocycles. The highest BCUT2D eigenvalue weighted by Crippen LogP contribution is 2.18. The summed E-state index contributed by atoms with van der Waals surface area (Å²) in [6.45, 7) is 2.12. The number of carbonyl (C=O) groups is 1. The number of ether oxygens (including phenoxy) is 2. The quantitative estimate of drug-likeness (QED) is 0.489. The molecule has 0 atom stereocenters. The van der Waals surface area contributed by atoms with Gasteiger partial charge in [-0.05, 0) is 19.1 Å². The van der Waals surface area contributed by atoms with Gasteiger partial charge in [0, 0.05) is 11.6 Å². The van der Waals surface area contributed by atoms with E-state index in [1.807, 2.05) is 0 Å². The second-order valence-electron chi connectivity index (χ2n) is 3.24. The van der Waals surface area contributed by atoms with Gasteiger partial charge < -0.3 is 15.2 Å². The highest BCUT2D eigenvalue weighted by atomic mass is 16.5. The predicted octanol–water partition coefficient (Wildman–Crippen LogP) is 1.58. The van der Waals surface area contributed by atoms with Crippen molar-refractivity contribution in [3.05, 3.63) is 23.8 Å². The lowest BCUT2D eigenvalue weighted by Crippen LogP contribution is -2.01. The van der Waals surface area contributed by atoms with Gasteiger partial charge in [0.1, 0.15) is 12.2 Å². The third-order valence-electron chi connectivity index (χ3n) is 2.02. The Morgan fingerprint density at radius 1 is 1.47 bits per heavy atom. The minimum absolute atomic E-state index is 0.0688. The smallest absolute Gasteiger partial charge is 0.317 e. The summed E-state index contributed by atoms with van der Waals surface area (Å²) in [4.78, 5) is 11.0. The van der Waals surface area contributed by atoms with E-state index in [1.165, 1.54) is 0 Å². The van der Waals surface area contributed by atoms with Crippen molar-refractivity contribution in [2.45, 2.75) is 13.3 Å². The molecule has 4 heteroatoms. The predicted molar refractivity (Wildman–Crippen MR) is 65.5 cm³/mol. The molecule has 1 aromatic rings. The third kappa shape index (κ3) is 4.07. The lowest BCUT2D eigenvalue weighted by atomic mass is 10.1. The largest absolute Gasteiger partial charge is 0.497 e. The third-order valence-corrected chi connectivity index (χ3v) is 2.02. The van der Waals surface area contributed by atoms with Crippen molar-refractivity contribution in [1.29, 1.82) is 0 Å². The van der Waals surface area contributed by atoms with Gasteiger partial charge in [0.05, 0.1) is 19.4 Å². The van der Waals surface area contributed by atoms with Crippen LogP contribution in [0.2, 0.25) is 0 Å². The number of hydrogen-bond donors (Lipinski definition) is 1. The first-order chi connectivity index (χ1) is 8.17. The standard InChI is InChI=1S/C13H15NO3/c1-3-17-13(15)6-4-5-10-7-8-11(16-2)9-12(10)14/h7-9H,3,6,14H2,1-2H3. The number of hydrogen-bond acceptors (Lipinski definition) is 4. The first-order valence-electron chi connectivity index (χ1n) is 5.25. The van der Waals surface area contributed by atoms with E-state index in [2.05, 4.69) is 11.8 Å². The molecule has 0 radical (unpaired) electrons. The van der Waals surface area contributed by atoms with Crippen molar-refractivity contribution in [2.24, 2.45) is 0 Å². The molecule has 0 heterocycles. The van der Waals surface area contributed by atoms with Gasteiger partial charge in [-0.2, -0.15) is 0 Å². The molecule has 0 spiro atoms. The molecule has 4 nitrogen and oxygen atoms in total. The molecular formula is C13H15NO3. The van der Waals surface area contributed by atoms with Crippen LogP contribution in [-0.4, -0.2) is 19.7 Å². The first-order valence-corrected chi connectivity index (χ1v) is 5.25. The van der Waals surface area contributed by atoms with Gasteiger partial charge in [0.15, 0.2) is 0 Å². The Labute approximate surface area is 101 Å². The summed E-state index contributed by atoms with van der Waals surface area (Å²) in [6, 6.07) is 5.21. The molecule has 17 heavy (non-hydrogen) atoms. The second-order valence-corrected chi connectivity index (χ2v) is 3.24. The summed E-state index contributed by atoms with van der Waals surface area (Å²) in [6.07, 6.45) is 0.0688. The molecule has 0 aliphatic carbocycles. The summed E-state index contributed by atoms with van der Waals surface area (Å²) < 4.78 is 9.78. The molecule has 0 aromatic heterocycles. The average Bonchev–Trinajstić information content (AvgIpc) is 2.31. The summed E-state index contributed by atoms with van der Waals surface area (Å²) in [5.41, 5.74) is 6.98. The van der Waals surface area contributed by atoms with Gasteiger partial charge in [-0.15, -0.1) is 0 Å². The SMILES string of the molecule is CCOC(=O)CC#Cc1ccc(OC)cc1N. The van der Waals surface area contributed by atoms with Crippen molar-refractivity contribution in [1.82, 2.24) is 0 Å². The molecule has 0 saturated heterocycles. The van der Waals surface area contributed by atoms with Crippen LogP contribution in [0.3, 0.4) is 0 Å². The summed E-state index contributed by atoms with van der Waals surface area (Å²) in [5, 5.41) is 0. The molecule has 0 aliphatic rings. The fourth-order valence-electron chi connectivity index (χ4n) is 1.21. The Balaban J connectivity index is 2.69. The Kier molecular flexibility index (Phi) is 4.89. The van der Waals surface area contributed by atoms with Gasteiger partial charge in [0.25, 0.3) is 0 Å². The Bertz CT molecular complexity index is 457. The molecule has 0 amide bonds. The number of rotatable bonds is 3. The van der Waals surface area contributed by atoms with Gasteiger partial charge >= 0.3 is 5.97 Å². The maximum absolute atomic E-state index is 11.0. The maximum atomic E-state index is 11.0. The molecule has 0 aliphatic heterocycles. The minimum Gasteiger partial charge on any atom is -0.497 e. The lowest BCUT2D eigenvalue weighted by molar-refractivity contribution is -0.141. The Morgan fingerprint density at radius 2 is 2.24 bits per heavy atom. The van der Waals surface area contributed by atoms with Gasteiger partial charge in [-0.3, -0.25) is 4.79 Å². The van der Waals surface area contributed by atoms with Crippen LogP contribution < -0.4 is 10.5 Å². The fraction of sp³-hybridized carbons (Fsp3) is 0.308. The fourth-order valence-corrected chi connectivity index (χ4v) is 1.21. The van der Waals surface area contributed by atoms with Gasteiger partial charge in [-0.25, -0.2) is 0 Å². The number of methoxy groups -OCH3 is 1. The molecule has 0 unspecified atom stereocenters. The van der Waals surface area contributed by atoms with E-state index in [9.17, 15) is 4.79 Å². The topological polar surface area (TPSA) is 61.5 Å².